The van der Waals surface area contributed by atoms with E-state index >= 15 is 0 Å². The van der Waals surface area contributed by atoms with E-state index in [9.17, 15) is 13.7 Å². The van der Waals surface area contributed by atoms with Gasteiger partial charge in [0.1, 0.15) is 10.9 Å². The molecule has 0 bridgehead atoms. The van der Waals surface area contributed by atoms with E-state index < -0.39 is 10.0 Å². The lowest BCUT2D eigenvalue weighted by molar-refractivity contribution is 0.601. The highest BCUT2D eigenvalue weighted by Gasteiger charge is 2.19. The molecule has 2 aromatic carbocycles. The first kappa shape index (κ1) is 14.6. The number of anilines is 1. The number of nitriles is 1. The predicted octanol–water partition coefficient (Wildman–Crippen LogP) is 3.88. The molecule has 3 rings (SSSR count). The number of nitrogens with zero attached hydrogens (tertiary/aromatic N) is 1. The quantitative estimate of drug-likeness (QED) is 0.793. The lowest BCUT2D eigenvalue weighted by Gasteiger charge is -2.08. The molecule has 22 heavy (non-hydrogen) atoms. The molecule has 0 fully saturated rings. The highest BCUT2D eigenvalue weighted by atomic mass is 32.2. The zero-order valence-corrected chi connectivity index (χ0v) is 13.3. The van der Waals surface area contributed by atoms with E-state index in [1.807, 2.05) is 25.1 Å². The fourth-order valence-electron chi connectivity index (χ4n) is 2.14. The van der Waals surface area contributed by atoms with Crippen LogP contribution in [0.2, 0.25) is 0 Å². The number of sulfonamides is 1. The van der Waals surface area contributed by atoms with Crippen molar-refractivity contribution in [3.05, 3.63) is 59.0 Å². The van der Waals surface area contributed by atoms with Gasteiger partial charge in [0.15, 0.2) is 0 Å². The molecule has 0 radical (unpaired) electrons. The summed E-state index contributed by atoms with van der Waals surface area (Å²) in [7, 11) is -3.72. The van der Waals surface area contributed by atoms with Gasteiger partial charge in [-0.3, -0.25) is 4.72 Å². The molecule has 0 aliphatic rings. The van der Waals surface area contributed by atoms with Gasteiger partial charge < -0.3 is 0 Å². The number of hydrogen-bond donors (Lipinski definition) is 1. The van der Waals surface area contributed by atoms with E-state index in [1.54, 1.807) is 30.3 Å². The molecule has 4 nitrogen and oxygen atoms in total. The summed E-state index contributed by atoms with van der Waals surface area (Å²) in [6, 6.07) is 16.0. The average Bonchev–Trinajstić information content (AvgIpc) is 2.85. The van der Waals surface area contributed by atoms with Crippen LogP contribution in [0.3, 0.4) is 0 Å². The third-order valence-corrected chi connectivity index (χ3v) is 5.71. The number of benzene rings is 2. The Balaban J connectivity index is 2.09. The Labute approximate surface area is 132 Å². The fourth-order valence-corrected chi connectivity index (χ4v) is 4.25. The van der Waals surface area contributed by atoms with E-state index in [-0.39, 0.29) is 4.90 Å². The van der Waals surface area contributed by atoms with Gasteiger partial charge >= 0.3 is 0 Å². The van der Waals surface area contributed by atoms with Crippen molar-refractivity contribution in [2.24, 2.45) is 0 Å². The Bertz CT molecular complexity index is 981. The van der Waals surface area contributed by atoms with Crippen LogP contribution in [0.4, 0.5) is 5.69 Å². The number of hydrogen-bond acceptors (Lipinski definition) is 4. The third kappa shape index (κ3) is 2.56. The Morgan fingerprint density at radius 3 is 2.45 bits per heavy atom. The second-order valence-electron chi connectivity index (χ2n) is 4.83. The van der Waals surface area contributed by atoms with Crippen LogP contribution in [0.15, 0.2) is 53.4 Å². The van der Waals surface area contributed by atoms with Crippen LogP contribution in [-0.2, 0) is 10.0 Å². The summed E-state index contributed by atoms with van der Waals surface area (Å²) in [6.45, 7) is 1.89. The maximum absolute atomic E-state index is 12.5. The second-order valence-corrected chi connectivity index (χ2v) is 7.57. The van der Waals surface area contributed by atoms with E-state index in [1.165, 1.54) is 11.3 Å². The molecule has 0 spiro atoms. The molecule has 110 valence electrons. The number of nitrogens with one attached hydrogen (secondary N) is 1. The summed E-state index contributed by atoms with van der Waals surface area (Å²) in [5, 5.41) is 9.98. The third-order valence-electron chi connectivity index (χ3n) is 3.26. The average molecular weight is 328 g/mol. The minimum Gasteiger partial charge on any atom is -0.277 e. The molecule has 0 aliphatic heterocycles. The Morgan fingerprint density at radius 2 is 1.77 bits per heavy atom. The Kier molecular flexibility index (Phi) is 3.61. The Morgan fingerprint density at radius 1 is 1.09 bits per heavy atom. The largest absolute Gasteiger partial charge is 0.277 e. The van der Waals surface area contributed by atoms with E-state index in [0.29, 0.717) is 10.6 Å². The summed E-state index contributed by atoms with van der Waals surface area (Å²) in [6.07, 6.45) is 0. The zero-order valence-electron chi connectivity index (χ0n) is 11.7. The summed E-state index contributed by atoms with van der Waals surface area (Å²) in [5.41, 5.74) is 1.33. The topological polar surface area (TPSA) is 70.0 Å². The van der Waals surface area contributed by atoms with Gasteiger partial charge in [0.25, 0.3) is 10.0 Å². The second kappa shape index (κ2) is 5.44. The first-order valence-electron chi connectivity index (χ1n) is 6.52. The summed E-state index contributed by atoms with van der Waals surface area (Å²) in [4.78, 5) is 0.536. The van der Waals surface area contributed by atoms with Crippen molar-refractivity contribution < 1.29 is 8.42 Å². The minimum absolute atomic E-state index is 0.178. The summed E-state index contributed by atoms with van der Waals surface area (Å²) >= 11 is 1.27. The predicted molar refractivity (Wildman–Crippen MR) is 88.5 cm³/mol. The van der Waals surface area contributed by atoms with Crippen LogP contribution < -0.4 is 4.72 Å². The van der Waals surface area contributed by atoms with Crippen LogP contribution in [0.5, 0.6) is 0 Å². The van der Waals surface area contributed by atoms with Crippen molar-refractivity contribution in [1.29, 1.82) is 5.26 Å². The van der Waals surface area contributed by atoms with Gasteiger partial charge in [0.05, 0.1) is 10.6 Å². The molecule has 3 aromatic rings. The van der Waals surface area contributed by atoms with Crippen molar-refractivity contribution in [1.82, 2.24) is 0 Å². The smallest absolute Gasteiger partial charge is 0.261 e. The number of aryl methyl sites for hydroxylation is 1. The van der Waals surface area contributed by atoms with Crippen molar-refractivity contribution in [3.63, 3.8) is 0 Å². The van der Waals surface area contributed by atoms with Crippen LogP contribution in [0, 0.1) is 18.3 Å². The monoisotopic (exact) mass is 328 g/mol. The number of rotatable bonds is 3. The first-order valence-corrected chi connectivity index (χ1v) is 8.82. The van der Waals surface area contributed by atoms with Crippen LogP contribution in [-0.4, -0.2) is 8.42 Å². The van der Waals surface area contributed by atoms with E-state index in [0.717, 1.165) is 15.6 Å². The van der Waals surface area contributed by atoms with Gasteiger partial charge in [0, 0.05) is 10.1 Å². The molecule has 1 N–H and O–H groups in total. The number of fused-ring (bicyclic) bond motifs is 1. The van der Waals surface area contributed by atoms with Gasteiger partial charge in [-0.2, -0.15) is 5.26 Å². The highest BCUT2D eigenvalue weighted by Crippen LogP contribution is 2.36. The highest BCUT2D eigenvalue weighted by molar-refractivity contribution is 7.92. The maximum Gasteiger partial charge on any atom is 0.261 e. The SMILES string of the molecule is Cc1ccc(S(=O)(=O)Nc2c(C#N)sc3ccccc23)cc1. The molecule has 1 aromatic heterocycles. The Hall–Kier alpha value is -2.36. The first-order chi connectivity index (χ1) is 10.5. The van der Waals surface area contributed by atoms with Crippen molar-refractivity contribution >= 4 is 37.1 Å². The normalized spacial score (nSPS) is 11.3. The van der Waals surface area contributed by atoms with Gasteiger partial charge in [-0.25, -0.2) is 8.42 Å². The standard InChI is InChI=1S/C16H12N2O2S2/c1-11-6-8-12(9-7-11)22(19,20)18-16-13-4-2-3-5-14(13)21-15(16)10-17/h2-9,18H,1H3. The molecule has 1 heterocycles. The van der Waals surface area contributed by atoms with E-state index in [2.05, 4.69) is 10.8 Å². The molecule has 0 saturated heterocycles. The molecule has 0 amide bonds. The lowest BCUT2D eigenvalue weighted by Crippen LogP contribution is -2.13. The minimum atomic E-state index is -3.72. The molecule has 0 saturated carbocycles. The van der Waals surface area contributed by atoms with E-state index in [4.69, 9.17) is 0 Å². The molecular weight excluding hydrogens is 316 g/mol. The fraction of sp³-hybridized carbons (Fsp3) is 0.0625. The molecule has 0 atom stereocenters. The van der Waals surface area contributed by atoms with Crippen molar-refractivity contribution in [2.75, 3.05) is 4.72 Å². The van der Waals surface area contributed by atoms with Gasteiger partial charge in [-0.15, -0.1) is 11.3 Å². The molecule has 0 aliphatic carbocycles. The van der Waals surface area contributed by atoms with Crippen LogP contribution in [0.25, 0.3) is 10.1 Å². The van der Waals surface area contributed by atoms with Gasteiger partial charge in [0.2, 0.25) is 0 Å². The molecule has 6 heteroatoms. The van der Waals surface area contributed by atoms with Gasteiger partial charge in [-0.05, 0) is 25.1 Å². The molecule has 0 unspecified atom stereocenters. The lowest BCUT2D eigenvalue weighted by atomic mass is 10.2. The zero-order chi connectivity index (χ0) is 15.7. The van der Waals surface area contributed by atoms with Crippen LogP contribution in [0.1, 0.15) is 10.4 Å². The summed E-state index contributed by atoms with van der Waals surface area (Å²) in [5.74, 6) is 0. The summed E-state index contributed by atoms with van der Waals surface area (Å²) < 4.78 is 28.4. The van der Waals surface area contributed by atoms with Crippen molar-refractivity contribution in [2.45, 2.75) is 11.8 Å². The number of thiophene rings is 1. The molecular formula is C16H12N2O2S2. The van der Waals surface area contributed by atoms with Crippen LogP contribution >= 0.6 is 11.3 Å². The van der Waals surface area contributed by atoms with Gasteiger partial charge in [-0.1, -0.05) is 35.9 Å². The maximum atomic E-state index is 12.5. The van der Waals surface area contributed by atoms with Crippen molar-refractivity contribution in [3.8, 4) is 6.07 Å².